The van der Waals surface area contributed by atoms with E-state index in [0.717, 1.165) is 11.1 Å². The smallest absolute Gasteiger partial charge is 0.254 e. The van der Waals surface area contributed by atoms with E-state index < -0.39 is 0 Å². The first-order chi connectivity index (χ1) is 14.6. The van der Waals surface area contributed by atoms with Crippen molar-refractivity contribution in [3.8, 4) is 17.6 Å². The van der Waals surface area contributed by atoms with Crippen LogP contribution in [0, 0.1) is 11.3 Å². The molecule has 2 aromatic carbocycles. The van der Waals surface area contributed by atoms with Gasteiger partial charge in [0.2, 0.25) is 0 Å². The molecule has 6 heteroatoms. The minimum Gasteiger partial charge on any atom is -0.490 e. The van der Waals surface area contributed by atoms with Crippen LogP contribution in [0.15, 0.2) is 67.0 Å². The number of carbonyl (C=O) groups excluding carboxylic acids is 1. The van der Waals surface area contributed by atoms with Crippen molar-refractivity contribution in [3.05, 3.63) is 89.2 Å². The Bertz CT molecular complexity index is 1050. The van der Waals surface area contributed by atoms with Crippen molar-refractivity contribution in [1.82, 2.24) is 9.88 Å². The zero-order valence-electron chi connectivity index (χ0n) is 17.0. The van der Waals surface area contributed by atoms with E-state index >= 15 is 0 Å². The van der Waals surface area contributed by atoms with Crippen molar-refractivity contribution in [2.24, 2.45) is 0 Å². The average molecular weight is 401 g/mol. The molecule has 1 amide bonds. The Morgan fingerprint density at radius 1 is 1.07 bits per heavy atom. The summed E-state index contributed by atoms with van der Waals surface area (Å²) < 4.78 is 11.6. The van der Waals surface area contributed by atoms with Crippen LogP contribution < -0.4 is 9.47 Å². The van der Waals surface area contributed by atoms with Crippen LogP contribution in [-0.4, -0.2) is 29.4 Å². The largest absolute Gasteiger partial charge is 0.490 e. The minimum absolute atomic E-state index is 0.142. The predicted molar refractivity (Wildman–Crippen MR) is 113 cm³/mol. The normalized spacial score (nSPS) is 10.2. The fraction of sp³-hybridized carbons (Fsp3) is 0.208. The number of benzene rings is 2. The maximum Gasteiger partial charge on any atom is 0.254 e. The summed E-state index contributed by atoms with van der Waals surface area (Å²) in [7, 11) is 1.73. The summed E-state index contributed by atoms with van der Waals surface area (Å²) in [6, 6.07) is 18.3. The Morgan fingerprint density at radius 3 is 2.63 bits per heavy atom. The van der Waals surface area contributed by atoms with Crippen LogP contribution in [0.5, 0.6) is 11.5 Å². The summed E-state index contributed by atoms with van der Waals surface area (Å²) >= 11 is 0. The Kier molecular flexibility index (Phi) is 7.01. The van der Waals surface area contributed by atoms with Gasteiger partial charge in [-0.2, -0.15) is 5.26 Å². The summed E-state index contributed by atoms with van der Waals surface area (Å²) in [6.07, 6.45) is 3.46. The van der Waals surface area contributed by atoms with Gasteiger partial charge in [-0.25, -0.2) is 0 Å². The molecule has 6 nitrogen and oxygen atoms in total. The van der Waals surface area contributed by atoms with Gasteiger partial charge in [-0.1, -0.05) is 18.2 Å². The van der Waals surface area contributed by atoms with Crippen LogP contribution in [0.4, 0.5) is 0 Å². The molecule has 0 aliphatic rings. The number of carbonyl (C=O) groups is 1. The average Bonchev–Trinajstić information content (AvgIpc) is 2.78. The van der Waals surface area contributed by atoms with Crippen molar-refractivity contribution >= 4 is 5.91 Å². The molecule has 0 saturated carbocycles. The number of ether oxygens (including phenoxy) is 2. The van der Waals surface area contributed by atoms with Crippen molar-refractivity contribution in [1.29, 1.82) is 5.26 Å². The third-order valence-electron chi connectivity index (χ3n) is 4.43. The van der Waals surface area contributed by atoms with Crippen molar-refractivity contribution in [3.63, 3.8) is 0 Å². The van der Waals surface area contributed by atoms with Gasteiger partial charge in [0.05, 0.1) is 18.2 Å². The lowest BCUT2D eigenvalue weighted by Crippen LogP contribution is -2.26. The highest BCUT2D eigenvalue weighted by atomic mass is 16.5. The van der Waals surface area contributed by atoms with Crippen LogP contribution in [-0.2, 0) is 13.2 Å². The van der Waals surface area contributed by atoms with E-state index in [9.17, 15) is 4.79 Å². The number of hydrogen-bond donors (Lipinski definition) is 0. The van der Waals surface area contributed by atoms with Crippen molar-refractivity contribution in [2.45, 2.75) is 20.1 Å². The van der Waals surface area contributed by atoms with Crippen LogP contribution >= 0.6 is 0 Å². The number of hydrogen-bond acceptors (Lipinski definition) is 5. The van der Waals surface area contributed by atoms with Gasteiger partial charge in [0.15, 0.2) is 11.5 Å². The first-order valence-electron chi connectivity index (χ1n) is 9.63. The molecule has 0 fully saturated rings. The van der Waals surface area contributed by atoms with Crippen LogP contribution in [0.25, 0.3) is 0 Å². The first kappa shape index (κ1) is 20.9. The van der Waals surface area contributed by atoms with E-state index in [2.05, 4.69) is 11.1 Å². The number of nitriles is 1. The quantitative estimate of drug-likeness (QED) is 0.565. The molecule has 0 N–H and O–H groups in total. The summed E-state index contributed by atoms with van der Waals surface area (Å²) in [6.45, 7) is 3.10. The van der Waals surface area contributed by atoms with E-state index in [1.54, 1.807) is 54.7 Å². The van der Waals surface area contributed by atoms with E-state index in [-0.39, 0.29) is 5.91 Å². The second-order valence-electron chi connectivity index (χ2n) is 6.72. The van der Waals surface area contributed by atoms with Crippen LogP contribution in [0.3, 0.4) is 0 Å². The standard InChI is InChI=1S/C24H23N3O3/c1-3-29-23-13-21(9-10-22(23)30-17-20-8-5-11-26-15-20)24(28)27(2)16-19-7-4-6-18(12-19)14-25/h4-13,15H,3,16-17H2,1-2H3. The molecule has 0 radical (unpaired) electrons. The van der Waals surface area contributed by atoms with E-state index in [1.807, 2.05) is 31.2 Å². The Hall–Kier alpha value is -3.85. The molecule has 0 aliphatic carbocycles. The Labute approximate surface area is 176 Å². The van der Waals surface area contributed by atoms with Crippen LogP contribution in [0.2, 0.25) is 0 Å². The predicted octanol–water partition coefficient (Wildman–Crippen LogP) is 4.20. The monoisotopic (exact) mass is 401 g/mol. The molecule has 3 aromatic rings. The molecule has 1 aromatic heterocycles. The zero-order valence-corrected chi connectivity index (χ0v) is 17.0. The van der Waals surface area contributed by atoms with Gasteiger partial charge in [0, 0.05) is 37.1 Å². The molecule has 0 unspecified atom stereocenters. The fourth-order valence-electron chi connectivity index (χ4n) is 2.98. The van der Waals surface area contributed by atoms with E-state index in [0.29, 0.717) is 42.4 Å². The third-order valence-corrected chi connectivity index (χ3v) is 4.43. The molecule has 1 heterocycles. The summed E-state index contributed by atoms with van der Waals surface area (Å²) in [5.41, 5.74) is 2.92. The molecular formula is C24H23N3O3. The summed E-state index contributed by atoms with van der Waals surface area (Å²) in [5, 5.41) is 9.05. The number of rotatable bonds is 8. The SMILES string of the molecule is CCOc1cc(C(=O)N(C)Cc2cccc(C#N)c2)ccc1OCc1cccnc1. The number of amides is 1. The fourth-order valence-corrected chi connectivity index (χ4v) is 2.98. The first-order valence-corrected chi connectivity index (χ1v) is 9.63. The molecule has 3 rings (SSSR count). The lowest BCUT2D eigenvalue weighted by Gasteiger charge is -2.19. The number of nitrogens with zero attached hydrogens (tertiary/aromatic N) is 3. The van der Waals surface area contributed by atoms with Gasteiger partial charge in [-0.3, -0.25) is 9.78 Å². The highest BCUT2D eigenvalue weighted by molar-refractivity contribution is 5.94. The lowest BCUT2D eigenvalue weighted by molar-refractivity contribution is 0.0784. The molecule has 0 atom stereocenters. The van der Waals surface area contributed by atoms with Gasteiger partial charge in [-0.15, -0.1) is 0 Å². The molecule has 30 heavy (non-hydrogen) atoms. The Balaban J connectivity index is 1.73. The molecule has 0 aliphatic heterocycles. The van der Waals surface area contributed by atoms with Crippen LogP contribution in [0.1, 0.15) is 34.0 Å². The van der Waals surface area contributed by atoms with Crippen molar-refractivity contribution < 1.29 is 14.3 Å². The van der Waals surface area contributed by atoms with Gasteiger partial charge in [0.25, 0.3) is 5.91 Å². The second-order valence-corrected chi connectivity index (χ2v) is 6.72. The number of pyridine rings is 1. The minimum atomic E-state index is -0.142. The molecular weight excluding hydrogens is 378 g/mol. The maximum atomic E-state index is 12.9. The highest BCUT2D eigenvalue weighted by Crippen LogP contribution is 2.30. The Morgan fingerprint density at radius 2 is 1.90 bits per heavy atom. The summed E-state index contributed by atoms with van der Waals surface area (Å²) in [4.78, 5) is 18.6. The van der Waals surface area contributed by atoms with Gasteiger partial charge >= 0.3 is 0 Å². The van der Waals surface area contributed by atoms with E-state index in [1.165, 1.54) is 0 Å². The topological polar surface area (TPSA) is 75.5 Å². The lowest BCUT2D eigenvalue weighted by atomic mass is 10.1. The summed E-state index contributed by atoms with van der Waals surface area (Å²) in [5.74, 6) is 0.950. The zero-order chi connectivity index (χ0) is 21.3. The van der Waals surface area contributed by atoms with Gasteiger partial charge in [0.1, 0.15) is 6.61 Å². The molecule has 0 saturated heterocycles. The van der Waals surface area contributed by atoms with Gasteiger partial charge in [-0.05, 0) is 48.9 Å². The highest BCUT2D eigenvalue weighted by Gasteiger charge is 2.16. The van der Waals surface area contributed by atoms with E-state index in [4.69, 9.17) is 14.7 Å². The third kappa shape index (κ3) is 5.36. The number of aromatic nitrogens is 1. The molecule has 152 valence electrons. The molecule has 0 bridgehead atoms. The van der Waals surface area contributed by atoms with Gasteiger partial charge < -0.3 is 14.4 Å². The van der Waals surface area contributed by atoms with Crippen molar-refractivity contribution in [2.75, 3.05) is 13.7 Å². The molecule has 0 spiro atoms. The second kappa shape index (κ2) is 10.1. The maximum absolute atomic E-state index is 12.9.